The van der Waals surface area contributed by atoms with Gasteiger partial charge in [0.2, 0.25) is 0 Å². The van der Waals surface area contributed by atoms with Crippen LogP contribution >= 0.6 is 0 Å². The van der Waals surface area contributed by atoms with E-state index >= 15 is 0 Å². The Kier molecular flexibility index (Phi) is 4.19. The SMILES string of the molecule is Cc1c(C#N)cccc1[C@@H](C)Nc1nnc(C)c2cc(=O)n(C3(C)CC3)cc12. The molecule has 1 atom stereocenters. The molecular formula is C22H23N5O. The maximum atomic E-state index is 12.6. The normalized spacial score (nSPS) is 15.8. The topological polar surface area (TPSA) is 83.6 Å². The fourth-order valence-electron chi connectivity index (χ4n) is 3.73. The highest BCUT2D eigenvalue weighted by Gasteiger charge is 2.40. The summed E-state index contributed by atoms with van der Waals surface area (Å²) in [6, 6.07) is 9.56. The average Bonchev–Trinajstić information content (AvgIpc) is 3.42. The Hall–Kier alpha value is -3.20. The lowest BCUT2D eigenvalue weighted by Crippen LogP contribution is -2.27. The molecule has 0 amide bonds. The van der Waals surface area contributed by atoms with Crippen LogP contribution in [-0.4, -0.2) is 14.8 Å². The molecule has 1 N–H and O–H groups in total. The molecule has 1 fully saturated rings. The molecule has 6 heteroatoms. The van der Waals surface area contributed by atoms with Crippen LogP contribution in [0.1, 0.15) is 55.1 Å². The number of nitrogens with zero attached hydrogens (tertiary/aromatic N) is 4. The van der Waals surface area contributed by atoms with Crippen molar-refractivity contribution in [3.05, 3.63) is 63.2 Å². The molecule has 28 heavy (non-hydrogen) atoms. The summed E-state index contributed by atoms with van der Waals surface area (Å²) in [5.41, 5.74) is 3.31. The predicted molar refractivity (Wildman–Crippen MR) is 109 cm³/mol. The molecule has 4 rings (SSSR count). The van der Waals surface area contributed by atoms with E-state index < -0.39 is 0 Å². The molecule has 0 aliphatic heterocycles. The summed E-state index contributed by atoms with van der Waals surface area (Å²) >= 11 is 0. The minimum absolute atomic E-state index is 0.000152. The van der Waals surface area contributed by atoms with Crippen molar-refractivity contribution in [2.24, 2.45) is 0 Å². The summed E-state index contributed by atoms with van der Waals surface area (Å²) in [6.07, 6.45) is 3.93. The molecule has 2 aromatic heterocycles. The first-order valence-corrected chi connectivity index (χ1v) is 9.50. The van der Waals surface area contributed by atoms with Crippen LogP contribution in [0.4, 0.5) is 5.82 Å². The molecule has 0 bridgehead atoms. The van der Waals surface area contributed by atoms with Crippen LogP contribution in [0.3, 0.4) is 0 Å². The molecule has 3 aromatic rings. The van der Waals surface area contributed by atoms with Crippen LogP contribution in [0.2, 0.25) is 0 Å². The zero-order valence-electron chi connectivity index (χ0n) is 16.6. The van der Waals surface area contributed by atoms with E-state index in [2.05, 4.69) is 28.5 Å². The van der Waals surface area contributed by atoms with E-state index in [9.17, 15) is 10.1 Å². The summed E-state index contributed by atoms with van der Waals surface area (Å²) in [4.78, 5) is 12.6. The number of aryl methyl sites for hydroxylation is 1. The standard InChI is InChI=1S/C22H23N5O/c1-13-16(11-23)6-5-7-17(13)14(2)24-21-19-12-27(22(4)8-9-22)20(28)10-18(19)15(3)25-26-21/h5-7,10,12,14H,8-9H2,1-4H3,(H,24,26)/t14-/m1/s1. The maximum absolute atomic E-state index is 12.6. The van der Waals surface area contributed by atoms with Crippen LogP contribution < -0.4 is 10.9 Å². The van der Waals surface area contributed by atoms with Crippen molar-refractivity contribution >= 4 is 16.6 Å². The van der Waals surface area contributed by atoms with Crippen molar-refractivity contribution in [2.45, 2.75) is 52.1 Å². The van der Waals surface area contributed by atoms with E-state index in [1.807, 2.05) is 49.7 Å². The first-order valence-electron chi connectivity index (χ1n) is 9.50. The highest BCUT2D eigenvalue weighted by atomic mass is 16.1. The first-order chi connectivity index (χ1) is 13.3. The summed E-state index contributed by atoms with van der Waals surface area (Å²) in [5.74, 6) is 0.646. The largest absolute Gasteiger partial charge is 0.361 e. The Bertz CT molecular complexity index is 1180. The number of benzene rings is 1. The number of nitriles is 1. The van der Waals surface area contributed by atoms with Crippen LogP contribution in [-0.2, 0) is 5.54 Å². The van der Waals surface area contributed by atoms with Gasteiger partial charge in [-0.1, -0.05) is 12.1 Å². The number of fused-ring (bicyclic) bond motifs is 1. The summed E-state index contributed by atoms with van der Waals surface area (Å²) in [6.45, 7) is 7.96. The second-order valence-corrected chi connectivity index (χ2v) is 7.94. The van der Waals surface area contributed by atoms with Gasteiger partial charge in [0.1, 0.15) is 0 Å². The summed E-state index contributed by atoms with van der Waals surface area (Å²) < 4.78 is 1.83. The van der Waals surface area contributed by atoms with Crippen molar-refractivity contribution in [1.29, 1.82) is 5.26 Å². The van der Waals surface area contributed by atoms with E-state index in [1.165, 1.54) is 0 Å². The quantitative estimate of drug-likeness (QED) is 0.748. The molecule has 142 valence electrons. The van der Waals surface area contributed by atoms with E-state index in [4.69, 9.17) is 0 Å². The lowest BCUT2D eigenvalue weighted by Gasteiger charge is -2.20. The lowest BCUT2D eigenvalue weighted by molar-refractivity contribution is 0.516. The van der Waals surface area contributed by atoms with Gasteiger partial charge in [-0.05, 0) is 57.7 Å². The molecule has 1 aliphatic carbocycles. The number of anilines is 1. The molecule has 2 heterocycles. The van der Waals surface area contributed by atoms with Gasteiger partial charge in [-0.2, -0.15) is 10.4 Å². The predicted octanol–water partition coefficient (Wildman–Crippen LogP) is 3.96. The second kappa shape index (κ2) is 6.45. The third kappa shape index (κ3) is 2.93. The Morgan fingerprint density at radius 3 is 2.68 bits per heavy atom. The number of nitrogens with one attached hydrogen (secondary N) is 1. The number of hydrogen-bond donors (Lipinski definition) is 1. The van der Waals surface area contributed by atoms with Gasteiger partial charge in [0.25, 0.3) is 5.56 Å². The summed E-state index contributed by atoms with van der Waals surface area (Å²) in [7, 11) is 0. The van der Waals surface area contributed by atoms with Gasteiger partial charge in [-0.25, -0.2) is 0 Å². The number of rotatable bonds is 4. The van der Waals surface area contributed by atoms with Crippen molar-refractivity contribution in [2.75, 3.05) is 5.32 Å². The highest BCUT2D eigenvalue weighted by molar-refractivity contribution is 5.92. The summed E-state index contributed by atoms with van der Waals surface area (Å²) in [5, 5.41) is 23.1. The average molecular weight is 373 g/mol. The van der Waals surface area contributed by atoms with Crippen molar-refractivity contribution < 1.29 is 0 Å². The third-order valence-corrected chi connectivity index (χ3v) is 5.87. The number of pyridine rings is 1. The monoisotopic (exact) mass is 373 g/mol. The Balaban J connectivity index is 1.80. The lowest BCUT2D eigenvalue weighted by atomic mass is 9.98. The molecule has 0 saturated heterocycles. The molecule has 1 aliphatic rings. The van der Waals surface area contributed by atoms with Gasteiger partial charge in [0.05, 0.1) is 23.4 Å². The molecule has 1 saturated carbocycles. The molecule has 0 unspecified atom stereocenters. The van der Waals surface area contributed by atoms with Crippen LogP contribution in [0.15, 0.2) is 35.3 Å². The minimum atomic E-state index is -0.0942. The Morgan fingerprint density at radius 1 is 1.25 bits per heavy atom. The van der Waals surface area contributed by atoms with Crippen LogP contribution in [0.5, 0.6) is 0 Å². The Morgan fingerprint density at radius 2 is 2.00 bits per heavy atom. The first kappa shape index (κ1) is 18.2. The van der Waals surface area contributed by atoms with E-state index in [0.29, 0.717) is 11.4 Å². The third-order valence-electron chi connectivity index (χ3n) is 5.87. The minimum Gasteiger partial charge on any atom is -0.361 e. The number of hydrogen-bond acceptors (Lipinski definition) is 5. The molecule has 1 aromatic carbocycles. The highest BCUT2D eigenvalue weighted by Crippen LogP contribution is 2.42. The second-order valence-electron chi connectivity index (χ2n) is 7.94. The number of aromatic nitrogens is 3. The van der Waals surface area contributed by atoms with Crippen LogP contribution in [0.25, 0.3) is 10.8 Å². The van der Waals surface area contributed by atoms with Gasteiger partial charge in [-0.15, -0.1) is 5.10 Å². The van der Waals surface area contributed by atoms with Gasteiger partial charge < -0.3 is 9.88 Å². The fourth-order valence-corrected chi connectivity index (χ4v) is 3.73. The molecule has 6 nitrogen and oxygen atoms in total. The van der Waals surface area contributed by atoms with Crippen molar-refractivity contribution in [3.63, 3.8) is 0 Å². The van der Waals surface area contributed by atoms with Crippen molar-refractivity contribution in [1.82, 2.24) is 14.8 Å². The fraction of sp³-hybridized carbons (Fsp3) is 0.364. The molecule has 0 spiro atoms. The maximum Gasteiger partial charge on any atom is 0.251 e. The molecular weight excluding hydrogens is 350 g/mol. The van der Waals surface area contributed by atoms with Gasteiger partial charge >= 0.3 is 0 Å². The van der Waals surface area contributed by atoms with Gasteiger partial charge in [0.15, 0.2) is 5.82 Å². The smallest absolute Gasteiger partial charge is 0.251 e. The van der Waals surface area contributed by atoms with Gasteiger partial charge in [-0.3, -0.25) is 4.79 Å². The van der Waals surface area contributed by atoms with E-state index in [1.54, 1.807) is 6.07 Å². The Labute approximate surface area is 163 Å². The zero-order chi connectivity index (χ0) is 20.1. The van der Waals surface area contributed by atoms with Crippen LogP contribution in [0, 0.1) is 25.2 Å². The molecule has 0 radical (unpaired) electrons. The van der Waals surface area contributed by atoms with Crippen molar-refractivity contribution in [3.8, 4) is 6.07 Å². The van der Waals surface area contributed by atoms with Gasteiger partial charge in [0, 0.05) is 28.6 Å². The van der Waals surface area contributed by atoms with E-state index in [0.717, 1.165) is 40.4 Å². The van der Waals surface area contributed by atoms with E-state index in [-0.39, 0.29) is 17.1 Å². The zero-order valence-corrected chi connectivity index (χ0v) is 16.6.